The van der Waals surface area contributed by atoms with Gasteiger partial charge in [0.15, 0.2) is 5.82 Å². The summed E-state index contributed by atoms with van der Waals surface area (Å²) in [5.74, 6) is -2.80. The summed E-state index contributed by atoms with van der Waals surface area (Å²) >= 11 is 0. The fraction of sp³-hybridized carbons (Fsp3) is 0.250. The molecule has 1 aliphatic rings. The molecule has 0 spiro atoms. The maximum absolute atomic E-state index is 13.5. The van der Waals surface area contributed by atoms with Gasteiger partial charge in [-0.2, -0.15) is 5.10 Å². The number of nitrogens with one attached hydrogen (secondary N) is 2. The Balaban J connectivity index is 1.38. The first-order valence-corrected chi connectivity index (χ1v) is 10.7. The van der Waals surface area contributed by atoms with E-state index in [9.17, 15) is 23.2 Å². The molecule has 1 aromatic heterocycles. The van der Waals surface area contributed by atoms with E-state index >= 15 is 0 Å². The third-order valence-electron chi connectivity index (χ3n) is 5.67. The summed E-state index contributed by atoms with van der Waals surface area (Å²) in [6.45, 7) is -0.0715. The molecule has 182 valence electrons. The van der Waals surface area contributed by atoms with Crippen molar-refractivity contribution in [2.45, 2.75) is 24.8 Å². The van der Waals surface area contributed by atoms with Crippen LogP contribution in [-0.4, -0.2) is 51.9 Å². The molecule has 11 heteroatoms. The number of carbonyl (C=O) groups excluding carboxylic acids is 2. The van der Waals surface area contributed by atoms with Gasteiger partial charge in [-0.05, 0) is 22.3 Å². The number of carbonyl (C=O) groups is 3. The Morgan fingerprint density at radius 2 is 1.69 bits per heavy atom. The van der Waals surface area contributed by atoms with Gasteiger partial charge in [0.05, 0.1) is 6.42 Å². The number of amides is 2. The van der Waals surface area contributed by atoms with Gasteiger partial charge in [0, 0.05) is 19.2 Å². The molecule has 2 aromatic carbocycles. The number of ether oxygens (including phenoxy) is 1. The zero-order valence-corrected chi connectivity index (χ0v) is 18.6. The molecule has 1 aliphatic carbocycles. The lowest BCUT2D eigenvalue weighted by atomic mass is 9.98. The third-order valence-corrected chi connectivity index (χ3v) is 5.67. The molecule has 35 heavy (non-hydrogen) atoms. The highest BCUT2D eigenvalue weighted by molar-refractivity contribution is 5.99. The van der Waals surface area contributed by atoms with E-state index in [0.29, 0.717) is 0 Å². The quantitative estimate of drug-likeness (QED) is 0.449. The van der Waals surface area contributed by atoms with E-state index in [2.05, 4.69) is 10.4 Å². The van der Waals surface area contributed by atoms with E-state index in [1.165, 1.54) is 11.7 Å². The molecule has 0 bridgehead atoms. The molecule has 1 atom stereocenters. The van der Waals surface area contributed by atoms with Gasteiger partial charge in [0.2, 0.25) is 5.91 Å². The first kappa shape index (κ1) is 23.9. The molecule has 9 nitrogen and oxygen atoms in total. The van der Waals surface area contributed by atoms with Crippen molar-refractivity contribution >= 4 is 23.8 Å². The first-order valence-electron chi connectivity index (χ1n) is 10.7. The van der Waals surface area contributed by atoms with Gasteiger partial charge >= 0.3 is 12.1 Å². The van der Waals surface area contributed by atoms with Crippen LogP contribution in [0.3, 0.4) is 0 Å². The Morgan fingerprint density at radius 3 is 2.26 bits per heavy atom. The van der Waals surface area contributed by atoms with Crippen molar-refractivity contribution in [1.29, 1.82) is 0 Å². The van der Waals surface area contributed by atoms with E-state index in [4.69, 9.17) is 9.84 Å². The fourth-order valence-corrected chi connectivity index (χ4v) is 4.11. The highest BCUT2D eigenvalue weighted by Gasteiger charge is 2.31. The zero-order chi connectivity index (χ0) is 25.1. The van der Waals surface area contributed by atoms with Crippen LogP contribution in [0.5, 0.6) is 0 Å². The second-order valence-corrected chi connectivity index (χ2v) is 8.03. The molecule has 0 saturated heterocycles. The Kier molecular flexibility index (Phi) is 6.76. The standard InChI is InChI=1S/C24H22F2N4O5/c1-30-11-17(23(32)33)22(29-30)28-20(31)10-19(21(25)26)27-24(34)35-12-18-15-8-4-2-6-13(15)14-7-3-5-9-16(14)18/h2-9,11,18-19,21H,10,12H2,1H3,(H,27,34)(H,32,33)(H,28,29,31). The van der Waals surface area contributed by atoms with Crippen molar-refractivity contribution < 1.29 is 33.0 Å². The summed E-state index contributed by atoms with van der Waals surface area (Å²) in [5.41, 5.74) is 3.69. The van der Waals surface area contributed by atoms with E-state index in [0.717, 1.165) is 28.5 Å². The van der Waals surface area contributed by atoms with Gasteiger partial charge in [-0.3, -0.25) is 9.48 Å². The minimum Gasteiger partial charge on any atom is -0.477 e. The number of nitrogens with zero attached hydrogens (tertiary/aromatic N) is 2. The summed E-state index contributed by atoms with van der Waals surface area (Å²) < 4.78 is 33.5. The van der Waals surface area contributed by atoms with E-state index < -0.39 is 36.9 Å². The van der Waals surface area contributed by atoms with Crippen LogP contribution >= 0.6 is 0 Å². The minimum absolute atomic E-state index is 0.0715. The van der Waals surface area contributed by atoms with Gasteiger partial charge in [-0.25, -0.2) is 18.4 Å². The molecule has 0 aliphatic heterocycles. The average molecular weight is 484 g/mol. The number of halogens is 2. The topological polar surface area (TPSA) is 123 Å². The molecule has 1 heterocycles. The predicted octanol–water partition coefficient (Wildman–Crippen LogP) is 3.62. The monoisotopic (exact) mass is 484 g/mol. The normalized spacial score (nSPS) is 13.1. The van der Waals surface area contributed by atoms with Crippen LogP contribution in [0.25, 0.3) is 11.1 Å². The summed E-state index contributed by atoms with van der Waals surface area (Å²) in [6.07, 6.45) is -3.80. The van der Waals surface area contributed by atoms with Gasteiger partial charge in [-0.15, -0.1) is 0 Å². The molecule has 3 N–H and O–H groups in total. The van der Waals surface area contributed by atoms with Gasteiger partial charge in [0.1, 0.15) is 18.2 Å². The number of carboxylic acids is 1. The molecular formula is C24H22F2N4O5. The lowest BCUT2D eigenvalue weighted by molar-refractivity contribution is -0.117. The van der Waals surface area contributed by atoms with Crippen LogP contribution in [-0.2, 0) is 16.6 Å². The maximum Gasteiger partial charge on any atom is 0.407 e. The third kappa shape index (κ3) is 5.13. The molecular weight excluding hydrogens is 462 g/mol. The number of carboxylic acid groups (broad SMARTS) is 1. The minimum atomic E-state index is -3.07. The second kappa shape index (κ2) is 9.92. The van der Waals surface area contributed by atoms with E-state index in [-0.39, 0.29) is 23.9 Å². The van der Waals surface area contributed by atoms with Crippen molar-refractivity contribution in [1.82, 2.24) is 15.1 Å². The number of alkyl carbamates (subject to hydrolysis) is 1. The lowest BCUT2D eigenvalue weighted by Gasteiger charge is -2.19. The number of aromatic nitrogens is 2. The summed E-state index contributed by atoms with van der Waals surface area (Å²) in [6, 6.07) is 13.5. The van der Waals surface area contributed by atoms with E-state index in [1.54, 1.807) is 0 Å². The van der Waals surface area contributed by atoms with Gasteiger partial charge < -0.3 is 20.5 Å². The van der Waals surface area contributed by atoms with Crippen molar-refractivity contribution in [3.63, 3.8) is 0 Å². The van der Waals surface area contributed by atoms with Crippen LogP contribution in [0.2, 0.25) is 0 Å². The number of hydrogen-bond donors (Lipinski definition) is 3. The number of aromatic carboxylic acids is 1. The number of aryl methyl sites for hydroxylation is 1. The molecule has 0 saturated carbocycles. The smallest absolute Gasteiger partial charge is 0.407 e. The molecule has 3 aromatic rings. The van der Waals surface area contributed by atoms with Crippen LogP contribution < -0.4 is 10.6 Å². The maximum atomic E-state index is 13.5. The van der Waals surface area contributed by atoms with Crippen molar-refractivity contribution in [2.24, 2.45) is 7.05 Å². The number of benzene rings is 2. The van der Waals surface area contributed by atoms with Crippen LogP contribution in [0.1, 0.15) is 33.8 Å². The van der Waals surface area contributed by atoms with E-state index in [1.807, 2.05) is 53.8 Å². The summed E-state index contributed by atoms with van der Waals surface area (Å²) in [5, 5.41) is 17.2. The SMILES string of the molecule is Cn1cc(C(=O)O)c(NC(=O)CC(NC(=O)OCC2c3ccccc3-c3ccccc32)C(F)F)n1. The molecule has 1 unspecified atom stereocenters. The van der Waals surface area contributed by atoms with Gasteiger partial charge in [-0.1, -0.05) is 48.5 Å². The van der Waals surface area contributed by atoms with Crippen LogP contribution in [0.15, 0.2) is 54.7 Å². The highest BCUT2D eigenvalue weighted by Crippen LogP contribution is 2.44. The molecule has 0 radical (unpaired) electrons. The zero-order valence-electron chi connectivity index (χ0n) is 18.6. The second-order valence-electron chi connectivity index (χ2n) is 8.03. The molecule has 2 amide bonds. The number of hydrogen-bond acceptors (Lipinski definition) is 5. The fourth-order valence-electron chi connectivity index (χ4n) is 4.11. The lowest BCUT2D eigenvalue weighted by Crippen LogP contribution is -2.43. The van der Waals surface area contributed by atoms with Crippen LogP contribution in [0, 0.1) is 0 Å². The number of rotatable bonds is 8. The Bertz CT molecular complexity index is 1230. The number of fused-ring (bicyclic) bond motifs is 3. The summed E-state index contributed by atoms with van der Waals surface area (Å²) in [7, 11) is 1.45. The Hall–Kier alpha value is -4.28. The Morgan fingerprint density at radius 1 is 1.09 bits per heavy atom. The Labute approximate surface area is 198 Å². The molecule has 0 fully saturated rings. The van der Waals surface area contributed by atoms with Crippen LogP contribution in [0.4, 0.5) is 19.4 Å². The highest BCUT2D eigenvalue weighted by atomic mass is 19.3. The number of alkyl halides is 2. The predicted molar refractivity (Wildman–Crippen MR) is 121 cm³/mol. The van der Waals surface area contributed by atoms with Crippen molar-refractivity contribution in [3.8, 4) is 11.1 Å². The summed E-state index contributed by atoms with van der Waals surface area (Å²) in [4.78, 5) is 35.8. The molecule has 4 rings (SSSR count). The number of anilines is 1. The largest absolute Gasteiger partial charge is 0.477 e. The van der Waals surface area contributed by atoms with Gasteiger partial charge in [0.25, 0.3) is 6.43 Å². The average Bonchev–Trinajstić information content (AvgIpc) is 3.34. The van der Waals surface area contributed by atoms with Crippen molar-refractivity contribution in [2.75, 3.05) is 11.9 Å². The van der Waals surface area contributed by atoms with Crippen molar-refractivity contribution in [3.05, 3.63) is 71.4 Å². The first-order chi connectivity index (χ1) is 16.7.